The molecule has 6 heteroatoms. The average molecular weight is 893 g/mol. The van der Waals surface area contributed by atoms with E-state index in [0.29, 0.717) is 25.9 Å². The number of rotatable bonds is 54. The lowest BCUT2D eigenvalue weighted by atomic mass is 10.0. The lowest BCUT2D eigenvalue weighted by Crippen LogP contribution is -2.45. The van der Waals surface area contributed by atoms with Gasteiger partial charge >= 0.3 is 5.97 Å². The van der Waals surface area contributed by atoms with Crippen LogP contribution in [0.2, 0.25) is 0 Å². The maximum Gasteiger partial charge on any atom is 0.305 e. The number of aliphatic hydroxyl groups excluding tert-OH is 2. The van der Waals surface area contributed by atoms with Gasteiger partial charge in [-0.3, -0.25) is 9.59 Å². The molecule has 0 fully saturated rings. The second kappa shape index (κ2) is 53.5. The first-order valence-electron chi connectivity index (χ1n) is 28.8. The van der Waals surface area contributed by atoms with Gasteiger partial charge in [-0.2, -0.15) is 0 Å². The Bertz CT molecular complexity index is 898. The van der Waals surface area contributed by atoms with E-state index in [1.807, 2.05) is 0 Å². The maximum absolute atomic E-state index is 12.5. The first kappa shape index (κ1) is 61.9. The van der Waals surface area contributed by atoms with Crippen LogP contribution in [0.15, 0.2) is 0 Å². The zero-order valence-corrected chi connectivity index (χ0v) is 42.8. The Morgan fingerprint density at radius 2 is 0.651 bits per heavy atom. The smallest absolute Gasteiger partial charge is 0.305 e. The van der Waals surface area contributed by atoms with Gasteiger partial charge in [0.05, 0.1) is 25.4 Å². The zero-order chi connectivity index (χ0) is 45.8. The lowest BCUT2D eigenvalue weighted by Gasteiger charge is -2.22. The fourth-order valence-electron chi connectivity index (χ4n) is 9.23. The Hall–Kier alpha value is -1.14. The molecule has 63 heavy (non-hydrogen) atoms. The molecule has 0 aromatic rings. The van der Waals surface area contributed by atoms with Crippen molar-refractivity contribution in [1.29, 1.82) is 0 Å². The molecule has 376 valence electrons. The number of aliphatic hydroxyl groups is 2. The van der Waals surface area contributed by atoms with Crippen molar-refractivity contribution in [3.05, 3.63) is 0 Å². The Morgan fingerprint density at radius 1 is 0.381 bits per heavy atom. The summed E-state index contributed by atoms with van der Waals surface area (Å²) >= 11 is 0. The van der Waals surface area contributed by atoms with Crippen LogP contribution in [0.4, 0.5) is 0 Å². The molecule has 0 rings (SSSR count). The Kier molecular flexibility index (Phi) is 52.5. The number of carbonyl (C=O) groups excluding carboxylic acids is 2. The van der Waals surface area contributed by atoms with Crippen molar-refractivity contribution in [2.45, 2.75) is 341 Å². The van der Waals surface area contributed by atoms with E-state index in [-0.39, 0.29) is 18.5 Å². The van der Waals surface area contributed by atoms with Gasteiger partial charge in [0.15, 0.2) is 0 Å². The number of nitrogens with one attached hydrogen (secondary N) is 1. The van der Waals surface area contributed by atoms with Gasteiger partial charge < -0.3 is 20.3 Å². The number of ether oxygens (including phenoxy) is 1. The SMILES string of the molecule is CCCCCCCCCCCCCCCCCCCCC(O)C(CO)NC(=O)CCCCCCCCCCCCCCCCCOC(=O)CCCCCCCCCCCCCCC. The number of unbranched alkanes of at least 4 members (excludes halogenated alkanes) is 43. The molecule has 0 bridgehead atoms. The predicted molar refractivity (Wildman–Crippen MR) is 274 cm³/mol. The van der Waals surface area contributed by atoms with E-state index < -0.39 is 12.1 Å². The molecule has 0 aromatic heterocycles. The quantitative estimate of drug-likeness (QED) is 0.0418. The largest absolute Gasteiger partial charge is 0.466 e. The van der Waals surface area contributed by atoms with E-state index in [1.54, 1.807) is 0 Å². The van der Waals surface area contributed by atoms with Crippen LogP contribution >= 0.6 is 0 Å². The zero-order valence-electron chi connectivity index (χ0n) is 42.8. The van der Waals surface area contributed by atoms with Crippen molar-refractivity contribution in [3.8, 4) is 0 Å². The lowest BCUT2D eigenvalue weighted by molar-refractivity contribution is -0.143. The summed E-state index contributed by atoms with van der Waals surface area (Å²) in [6.45, 7) is 4.96. The van der Waals surface area contributed by atoms with Crippen LogP contribution in [0.3, 0.4) is 0 Å². The van der Waals surface area contributed by atoms with Crippen molar-refractivity contribution in [3.63, 3.8) is 0 Å². The molecule has 0 saturated carbocycles. The van der Waals surface area contributed by atoms with Crippen molar-refractivity contribution in [1.82, 2.24) is 5.32 Å². The molecule has 6 nitrogen and oxygen atoms in total. The van der Waals surface area contributed by atoms with Crippen LogP contribution in [-0.2, 0) is 14.3 Å². The highest BCUT2D eigenvalue weighted by atomic mass is 16.5. The van der Waals surface area contributed by atoms with E-state index in [2.05, 4.69) is 19.2 Å². The normalized spacial score (nSPS) is 12.5. The number of hydrogen-bond acceptors (Lipinski definition) is 5. The summed E-state index contributed by atoms with van der Waals surface area (Å²) in [5.41, 5.74) is 0. The van der Waals surface area contributed by atoms with Crippen molar-refractivity contribution in [2.24, 2.45) is 0 Å². The van der Waals surface area contributed by atoms with Crippen LogP contribution < -0.4 is 5.32 Å². The Morgan fingerprint density at radius 3 is 0.968 bits per heavy atom. The third kappa shape index (κ3) is 50.1. The minimum atomic E-state index is -0.669. The second-order valence-corrected chi connectivity index (χ2v) is 20.0. The molecular formula is C57H113NO5. The van der Waals surface area contributed by atoms with Gasteiger partial charge in [0.2, 0.25) is 5.91 Å². The average Bonchev–Trinajstić information content (AvgIpc) is 3.28. The minimum Gasteiger partial charge on any atom is -0.466 e. The molecule has 0 aliphatic heterocycles. The molecule has 3 N–H and O–H groups in total. The van der Waals surface area contributed by atoms with Gasteiger partial charge in [-0.05, 0) is 25.7 Å². The number of hydrogen-bond donors (Lipinski definition) is 3. The molecule has 0 heterocycles. The summed E-state index contributed by atoms with van der Waals surface area (Å²) in [5.74, 6) is -0.0365. The number of amides is 1. The fraction of sp³-hybridized carbons (Fsp3) is 0.965. The molecule has 1 amide bonds. The summed E-state index contributed by atoms with van der Waals surface area (Å²) in [5, 5.41) is 23.3. The van der Waals surface area contributed by atoms with Crippen molar-refractivity contribution < 1.29 is 24.5 Å². The van der Waals surface area contributed by atoms with Gasteiger partial charge in [0.25, 0.3) is 0 Å². The molecule has 0 aliphatic carbocycles. The summed E-state index contributed by atoms with van der Waals surface area (Å²) in [7, 11) is 0. The predicted octanol–water partition coefficient (Wildman–Crippen LogP) is 17.5. The molecule has 2 unspecified atom stereocenters. The standard InChI is InChI=1S/C57H113NO5/c1-3-5-7-9-11-13-15-17-18-19-20-22-26-29-33-37-41-45-49-55(60)54(53-59)58-56(61)50-46-42-38-34-30-27-23-21-24-28-32-36-40-44-48-52-63-57(62)51-47-43-39-35-31-25-16-14-12-10-8-6-4-2/h54-55,59-60H,3-53H2,1-2H3,(H,58,61). The fourth-order valence-corrected chi connectivity index (χ4v) is 9.23. The Balaban J connectivity index is 3.42. The highest BCUT2D eigenvalue weighted by Gasteiger charge is 2.20. The first-order valence-corrected chi connectivity index (χ1v) is 28.8. The van der Waals surface area contributed by atoms with E-state index >= 15 is 0 Å². The van der Waals surface area contributed by atoms with E-state index in [0.717, 1.165) is 44.9 Å². The molecule has 0 aromatic carbocycles. The van der Waals surface area contributed by atoms with Crippen LogP contribution in [0.5, 0.6) is 0 Å². The summed E-state index contributed by atoms with van der Waals surface area (Å²) in [6.07, 6.45) is 60.8. The maximum atomic E-state index is 12.5. The third-order valence-corrected chi connectivity index (χ3v) is 13.7. The summed E-state index contributed by atoms with van der Waals surface area (Å²) in [6, 6.07) is -0.547. The molecule has 2 atom stereocenters. The molecule has 0 saturated heterocycles. The van der Waals surface area contributed by atoms with Gasteiger partial charge in [-0.15, -0.1) is 0 Å². The summed E-state index contributed by atoms with van der Waals surface area (Å²) in [4.78, 5) is 24.5. The van der Waals surface area contributed by atoms with Crippen LogP contribution in [0, 0.1) is 0 Å². The van der Waals surface area contributed by atoms with Crippen molar-refractivity contribution in [2.75, 3.05) is 13.2 Å². The van der Waals surface area contributed by atoms with Crippen LogP contribution in [0.25, 0.3) is 0 Å². The highest BCUT2D eigenvalue weighted by molar-refractivity contribution is 5.76. The topological polar surface area (TPSA) is 95.9 Å². The summed E-state index contributed by atoms with van der Waals surface area (Å²) < 4.78 is 5.47. The molecule has 0 aliphatic rings. The van der Waals surface area contributed by atoms with Crippen molar-refractivity contribution >= 4 is 11.9 Å². The number of carbonyl (C=O) groups is 2. The van der Waals surface area contributed by atoms with E-state index in [4.69, 9.17) is 4.74 Å². The number of esters is 1. The minimum absolute atomic E-state index is 0.00331. The van der Waals surface area contributed by atoms with Gasteiger partial charge in [-0.25, -0.2) is 0 Å². The Labute approximate surface area is 394 Å². The van der Waals surface area contributed by atoms with Gasteiger partial charge in [0, 0.05) is 12.8 Å². The second-order valence-electron chi connectivity index (χ2n) is 20.0. The monoisotopic (exact) mass is 892 g/mol. The van der Waals surface area contributed by atoms with Crippen LogP contribution in [-0.4, -0.2) is 47.4 Å². The first-order chi connectivity index (χ1) is 31.0. The van der Waals surface area contributed by atoms with E-state index in [9.17, 15) is 19.8 Å². The molecule has 0 radical (unpaired) electrons. The molecular weight excluding hydrogens is 779 g/mol. The third-order valence-electron chi connectivity index (χ3n) is 13.7. The molecule has 0 spiro atoms. The highest BCUT2D eigenvalue weighted by Crippen LogP contribution is 2.18. The van der Waals surface area contributed by atoms with Gasteiger partial charge in [-0.1, -0.05) is 290 Å². The van der Waals surface area contributed by atoms with Crippen LogP contribution in [0.1, 0.15) is 328 Å². The van der Waals surface area contributed by atoms with Gasteiger partial charge in [0.1, 0.15) is 0 Å². The van der Waals surface area contributed by atoms with E-state index in [1.165, 1.54) is 250 Å².